The first-order valence-electron chi connectivity index (χ1n) is 17.7. The third-order valence-corrected chi connectivity index (χ3v) is 7.42. The smallest absolute Gasteiger partial charge is 0.411 e. The maximum absolute atomic E-state index is 11.9. The van der Waals surface area contributed by atoms with Crippen LogP contribution >= 0.6 is 0 Å². The number of nitro groups is 2. The van der Waals surface area contributed by atoms with Crippen molar-refractivity contribution in [2.45, 2.75) is 52.5 Å². The number of anilines is 1. The predicted molar refractivity (Wildman–Crippen MR) is 206 cm³/mol. The molecule has 66 heavy (non-hydrogen) atoms. The summed E-state index contributed by atoms with van der Waals surface area (Å²) in [5.74, 6) is -1.45. The number of nitrogens with zero attached hydrogens (tertiary/aromatic N) is 7. The Kier molecular flexibility index (Phi) is 20.3. The molecule has 5 aromatic rings. The molecule has 0 amide bonds. The first kappa shape index (κ1) is 54.7. The number of hydrogen-bond acceptors (Lipinski definition) is 17. The number of halogens is 9. The van der Waals surface area contributed by atoms with Gasteiger partial charge in [0.15, 0.2) is 5.84 Å². The van der Waals surface area contributed by atoms with Gasteiger partial charge in [-0.1, -0.05) is 51.9 Å². The van der Waals surface area contributed by atoms with Crippen LogP contribution in [-0.2, 0) is 32.2 Å². The molecule has 0 aliphatic rings. The van der Waals surface area contributed by atoms with Crippen molar-refractivity contribution in [2.75, 3.05) is 32.2 Å². The Labute approximate surface area is 364 Å². The molecule has 3 aromatic carbocycles. The molecule has 0 radical (unpaired) electrons. The maximum Gasteiger partial charge on any atom is 0.411 e. The van der Waals surface area contributed by atoms with Crippen molar-refractivity contribution < 1.29 is 87.7 Å². The molecule has 0 aliphatic heterocycles. The minimum absolute atomic E-state index is 0.0246. The molecule has 5 rings (SSSR count). The van der Waals surface area contributed by atoms with E-state index in [-0.39, 0.29) is 40.6 Å². The third-order valence-electron chi connectivity index (χ3n) is 7.42. The number of carbonyl (C=O) groups is 1. The lowest BCUT2D eigenvalue weighted by Crippen LogP contribution is -2.19. The van der Waals surface area contributed by atoms with Gasteiger partial charge in [-0.25, -0.2) is 4.79 Å². The highest BCUT2D eigenvalue weighted by Gasteiger charge is 2.29. The van der Waals surface area contributed by atoms with Crippen LogP contribution in [0.3, 0.4) is 0 Å². The van der Waals surface area contributed by atoms with Crippen molar-refractivity contribution in [1.82, 2.24) is 20.3 Å². The second-order valence-corrected chi connectivity index (χ2v) is 12.8. The van der Waals surface area contributed by atoms with Crippen molar-refractivity contribution in [3.63, 3.8) is 0 Å². The van der Waals surface area contributed by atoms with Crippen LogP contribution in [0.4, 0.5) is 56.6 Å². The molecule has 0 saturated carbocycles. The first-order chi connectivity index (χ1) is 30.6. The van der Waals surface area contributed by atoms with E-state index in [0.29, 0.717) is 33.5 Å². The Morgan fingerprint density at radius 1 is 0.697 bits per heavy atom. The van der Waals surface area contributed by atoms with Crippen LogP contribution in [0.2, 0.25) is 0 Å². The maximum atomic E-state index is 11.9. The van der Waals surface area contributed by atoms with E-state index in [9.17, 15) is 64.5 Å². The number of rotatable bonds is 14. The van der Waals surface area contributed by atoms with Gasteiger partial charge in [0.05, 0.1) is 9.85 Å². The number of nitrogens with two attached hydrogens (primary N) is 2. The molecule has 30 heteroatoms. The number of ether oxygens (including phenoxy) is 3. The molecular weight excluding hydrogens is 921 g/mol. The number of benzene rings is 3. The Balaban J connectivity index is 0.000000315. The zero-order valence-corrected chi connectivity index (χ0v) is 34.1. The molecule has 0 saturated heterocycles. The Morgan fingerprint density at radius 3 is 1.52 bits per heavy atom. The van der Waals surface area contributed by atoms with Gasteiger partial charge in [-0.2, -0.15) is 49.5 Å². The van der Waals surface area contributed by atoms with E-state index in [1.807, 2.05) is 6.92 Å². The van der Waals surface area contributed by atoms with Crippen molar-refractivity contribution in [1.29, 1.82) is 0 Å². The minimum atomic E-state index is -4.45. The van der Waals surface area contributed by atoms with E-state index in [0.717, 1.165) is 5.56 Å². The van der Waals surface area contributed by atoms with Gasteiger partial charge < -0.3 is 45.0 Å². The summed E-state index contributed by atoms with van der Waals surface area (Å²) >= 11 is 0. The largest absolute Gasteiger partial charge is 0.480 e. The Hall–Kier alpha value is -7.47. The molecule has 0 spiro atoms. The summed E-state index contributed by atoms with van der Waals surface area (Å²) in [6, 6.07) is 13.9. The number of amidine groups is 1. The number of carboxylic acid groups (broad SMARTS) is 1. The van der Waals surface area contributed by atoms with E-state index in [2.05, 4.69) is 39.6 Å². The van der Waals surface area contributed by atoms with E-state index < -0.39 is 74.0 Å². The molecule has 2 heterocycles. The standard InChI is InChI=1S/C12H10F3N3O4.C12H12F3N3O2.C8H9N3O3.C4H5F3O3/c1-7-2-3-8(4-9(7)18(19)20)11-16-10(22-17-11)5-21-6-12(13,14)15;1-7-2-3-8(4-9(7)16)11-17-10(20-18-11)5-19-6-12(13,14)15;1-5-2-3-6(8(9)10-12)4-7(5)11(13)14;5-4(6,7)2-10-1-3(8)9/h2-4H,5-6H2,1H3;2-4H,5-6,16H2,1H3;2-4,12H,1H3,(H2,9,10);1-2H2,(H,8,9). The zero-order chi connectivity index (χ0) is 50.0. The fraction of sp³-hybridized carbons (Fsp3) is 0.333. The van der Waals surface area contributed by atoms with E-state index in [4.69, 9.17) is 30.8 Å². The fourth-order valence-electron chi connectivity index (χ4n) is 4.37. The van der Waals surface area contributed by atoms with Gasteiger partial charge in [0, 0.05) is 45.6 Å². The lowest BCUT2D eigenvalue weighted by molar-refractivity contribution is -0.385. The van der Waals surface area contributed by atoms with Gasteiger partial charge in [-0.05, 0) is 32.4 Å². The summed E-state index contributed by atoms with van der Waals surface area (Å²) in [4.78, 5) is 37.7. The van der Waals surface area contributed by atoms with E-state index in [1.165, 1.54) is 18.2 Å². The number of alkyl halides is 9. The topological polar surface area (TPSA) is 314 Å². The summed E-state index contributed by atoms with van der Waals surface area (Å²) in [6.45, 7) is -1.06. The number of aryl methyl sites for hydroxylation is 3. The second kappa shape index (κ2) is 24.6. The lowest BCUT2D eigenvalue weighted by Gasteiger charge is -2.04. The van der Waals surface area contributed by atoms with Crippen molar-refractivity contribution in [2.24, 2.45) is 10.9 Å². The third kappa shape index (κ3) is 20.4. The highest BCUT2D eigenvalue weighted by molar-refractivity contribution is 5.97. The summed E-state index contributed by atoms with van der Waals surface area (Å²) in [7, 11) is 0. The zero-order valence-electron chi connectivity index (χ0n) is 34.1. The minimum Gasteiger partial charge on any atom is -0.480 e. The van der Waals surface area contributed by atoms with Crippen LogP contribution in [0, 0.1) is 41.0 Å². The van der Waals surface area contributed by atoms with Crippen molar-refractivity contribution >= 4 is 28.9 Å². The van der Waals surface area contributed by atoms with Gasteiger partial charge in [0.2, 0.25) is 11.6 Å². The predicted octanol–water partition coefficient (Wildman–Crippen LogP) is 7.39. The summed E-state index contributed by atoms with van der Waals surface area (Å²) < 4.78 is 127. The molecule has 6 N–H and O–H groups in total. The van der Waals surface area contributed by atoms with Crippen LogP contribution in [0.5, 0.6) is 0 Å². The first-order valence-corrected chi connectivity index (χ1v) is 17.7. The molecule has 0 aliphatic carbocycles. The van der Waals surface area contributed by atoms with Gasteiger partial charge in [0.1, 0.15) is 39.6 Å². The monoisotopic (exact) mass is 957 g/mol. The van der Waals surface area contributed by atoms with Crippen LogP contribution in [0.25, 0.3) is 22.8 Å². The molecule has 0 bridgehead atoms. The summed E-state index contributed by atoms with van der Waals surface area (Å²) in [6.07, 6.45) is -13.3. The number of oxime groups is 1. The number of hydrogen-bond donors (Lipinski definition) is 4. The molecular formula is C36H36F9N9O12. The molecule has 0 fully saturated rings. The second-order valence-electron chi connectivity index (χ2n) is 12.8. The summed E-state index contributed by atoms with van der Waals surface area (Å²) in [5, 5.41) is 47.6. The van der Waals surface area contributed by atoms with Gasteiger partial charge in [0.25, 0.3) is 23.2 Å². The van der Waals surface area contributed by atoms with E-state index in [1.54, 1.807) is 50.2 Å². The quantitative estimate of drug-likeness (QED) is 0.0160. The van der Waals surface area contributed by atoms with Crippen LogP contribution < -0.4 is 11.5 Å². The molecule has 0 unspecified atom stereocenters. The van der Waals surface area contributed by atoms with Gasteiger partial charge in [-0.3, -0.25) is 20.2 Å². The van der Waals surface area contributed by atoms with Gasteiger partial charge in [-0.15, -0.1) is 0 Å². The Bertz CT molecular complexity index is 2420. The fourth-order valence-corrected chi connectivity index (χ4v) is 4.37. The number of aliphatic carboxylic acids is 1. The van der Waals surface area contributed by atoms with Crippen molar-refractivity contribution in [3.8, 4) is 22.8 Å². The van der Waals surface area contributed by atoms with E-state index >= 15 is 0 Å². The molecule has 2 aromatic heterocycles. The number of nitrogen functional groups attached to an aromatic ring is 1. The van der Waals surface area contributed by atoms with Crippen molar-refractivity contribution in [3.05, 3.63) is 109 Å². The summed E-state index contributed by atoms with van der Waals surface area (Å²) in [5.41, 5.74) is 14.6. The van der Waals surface area contributed by atoms with Gasteiger partial charge >= 0.3 is 24.5 Å². The molecule has 0 atom stereocenters. The molecule has 21 nitrogen and oxygen atoms in total. The van der Waals surface area contributed by atoms with Crippen LogP contribution in [0.1, 0.15) is 34.0 Å². The average molecular weight is 958 g/mol. The average Bonchev–Trinajstić information content (AvgIpc) is 3.88. The van der Waals surface area contributed by atoms with Crippen LogP contribution in [-0.4, -0.2) is 97.2 Å². The number of carboxylic acids is 1. The number of aromatic nitrogens is 4. The lowest BCUT2D eigenvalue weighted by atomic mass is 10.1. The number of nitro benzene ring substituents is 2. The highest BCUT2D eigenvalue weighted by atomic mass is 19.4. The van der Waals surface area contributed by atoms with Crippen LogP contribution in [0.15, 0.2) is 68.8 Å². The highest BCUT2D eigenvalue weighted by Crippen LogP contribution is 2.26. The molecule has 360 valence electrons. The normalized spacial score (nSPS) is 11.6. The SMILES string of the molecule is Cc1ccc(-c2noc(COCC(F)(F)F)n2)cc1N.Cc1ccc(-c2noc(COCC(F)(F)F)n2)cc1[N+](=O)[O-].Cc1ccc(/C(N)=N/O)cc1[N+](=O)[O-].O=C(O)COCC(F)(F)F. The Morgan fingerprint density at radius 2 is 1.11 bits per heavy atom.